The van der Waals surface area contributed by atoms with Gasteiger partial charge in [-0.15, -0.1) is 0 Å². The van der Waals surface area contributed by atoms with Gasteiger partial charge < -0.3 is 5.11 Å². The third-order valence-electron chi connectivity index (χ3n) is 3.92. The first kappa shape index (κ1) is 20.6. The van der Waals surface area contributed by atoms with Crippen LogP contribution in [0.4, 0.5) is 4.79 Å². The standard InChI is InChI=1S/C17H34ClNO2/c1-2-3-4-5-6-7-8-9-10-11-12-13-14-15-16-19(18)17(20)21/h2-16H2,1H3,(H,20,21). The molecule has 0 aromatic carbocycles. The maximum absolute atomic E-state index is 10.5. The van der Waals surface area contributed by atoms with Crippen LogP contribution in [0.1, 0.15) is 96.8 Å². The fourth-order valence-electron chi connectivity index (χ4n) is 2.54. The molecule has 0 spiro atoms. The summed E-state index contributed by atoms with van der Waals surface area (Å²) >= 11 is 5.50. The molecule has 1 amide bonds. The molecule has 126 valence electrons. The minimum absolute atomic E-state index is 0.439. The van der Waals surface area contributed by atoms with Gasteiger partial charge in [0, 0.05) is 18.3 Å². The molecule has 0 radical (unpaired) electrons. The van der Waals surface area contributed by atoms with Crippen molar-refractivity contribution in [3.05, 3.63) is 0 Å². The lowest BCUT2D eigenvalue weighted by Gasteiger charge is -2.08. The van der Waals surface area contributed by atoms with E-state index in [0.29, 0.717) is 6.54 Å². The zero-order valence-corrected chi connectivity index (χ0v) is 14.5. The van der Waals surface area contributed by atoms with Crippen LogP contribution in [-0.2, 0) is 0 Å². The highest BCUT2D eigenvalue weighted by Crippen LogP contribution is 2.13. The molecule has 21 heavy (non-hydrogen) atoms. The highest BCUT2D eigenvalue weighted by molar-refractivity contribution is 6.19. The van der Waals surface area contributed by atoms with E-state index in [4.69, 9.17) is 16.9 Å². The molecule has 0 aromatic rings. The van der Waals surface area contributed by atoms with Gasteiger partial charge in [0.15, 0.2) is 0 Å². The molecule has 0 rings (SSSR count). The van der Waals surface area contributed by atoms with E-state index in [1.165, 1.54) is 77.0 Å². The molecule has 0 fully saturated rings. The number of unbranched alkanes of at least 4 members (excludes halogenated alkanes) is 13. The monoisotopic (exact) mass is 319 g/mol. The van der Waals surface area contributed by atoms with Crippen molar-refractivity contribution in [2.75, 3.05) is 6.54 Å². The predicted octanol–water partition coefficient (Wildman–Crippen LogP) is 6.60. The molecule has 3 nitrogen and oxygen atoms in total. The maximum Gasteiger partial charge on any atom is 0.422 e. The lowest BCUT2D eigenvalue weighted by atomic mass is 10.0. The first-order valence-corrected chi connectivity index (χ1v) is 9.18. The molecular formula is C17H34ClNO2. The second-order valence-electron chi connectivity index (χ2n) is 5.96. The van der Waals surface area contributed by atoms with E-state index in [1.54, 1.807) is 0 Å². The van der Waals surface area contributed by atoms with Crippen molar-refractivity contribution in [3.63, 3.8) is 0 Å². The molecule has 0 bridgehead atoms. The van der Waals surface area contributed by atoms with Crippen LogP contribution >= 0.6 is 11.8 Å². The Morgan fingerprint density at radius 1 is 0.762 bits per heavy atom. The molecular weight excluding hydrogens is 286 g/mol. The van der Waals surface area contributed by atoms with Crippen molar-refractivity contribution < 1.29 is 9.90 Å². The van der Waals surface area contributed by atoms with Crippen LogP contribution in [0.2, 0.25) is 0 Å². The lowest BCUT2D eigenvalue weighted by Crippen LogP contribution is -2.19. The number of carboxylic acid groups (broad SMARTS) is 1. The van der Waals surface area contributed by atoms with Crippen molar-refractivity contribution in [1.29, 1.82) is 0 Å². The van der Waals surface area contributed by atoms with E-state index in [-0.39, 0.29) is 0 Å². The van der Waals surface area contributed by atoms with Crippen LogP contribution in [-0.4, -0.2) is 22.2 Å². The van der Waals surface area contributed by atoms with Crippen LogP contribution in [0.25, 0.3) is 0 Å². The Balaban J connectivity index is 3.04. The quantitative estimate of drug-likeness (QED) is 0.273. The van der Waals surface area contributed by atoms with Crippen LogP contribution < -0.4 is 0 Å². The lowest BCUT2D eigenvalue weighted by molar-refractivity contribution is 0.172. The zero-order valence-electron chi connectivity index (χ0n) is 13.8. The molecule has 0 atom stereocenters. The van der Waals surface area contributed by atoms with Gasteiger partial charge in [-0.2, -0.15) is 0 Å². The van der Waals surface area contributed by atoms with Crippen molar-refractivity contribution >= 4 is 17.9 Å². The molecule has 1 N–H and O–H groups in total. The van der Waals surface area contributed by atoms with E-state index in [2.05, 4.69) is 6.92 Å². The summed E-state index contributed by atoms with van der Waals surface area (Å²) in [7, 11) is 0. The van der Waals surface area contributed by atoms with Gasteiger partial charge in [-0.05, 0) is 6.42 Å². The number of rotatable bonds is 15. The van der Waals surface area contributed by atoms with Crippen molar-refractivity contribution in [1.82, 2.24) is 4.42 Å². The molecule has 0 heterocycles. The van der Waals surface area contributed by atoms with Crippen LogP contribution in [0.3, 0.4) is 0 Å². The second-order valence-corrected chi connectivity index (χ2v) is 6.37. The Labute approximate surface area is 136 Å². The van der Waals surface area contributed by atoms with Gasteiger partial charge in [-0.1, -0.05) is 90.4 Å². The van der Waals surface area contributed by atoms with Gasteiger partial charge in [0.05, 0.1) is 0 Å². The van der Waals surface area contributed by atoms with Crippen molar-refractivity contribution in [2.24, 2.45) is 0 Å². The Kier molecular flexibility index (Phi) is 15.6. The number of hydrogen-bond donors (Lipinski definition) is 1. The van der Waals surface area contributed by atoms with Crippen molar-refractivity contribution in [3.8, 4) is 0 Å². The van der Waals surface area contributed by atoms with Gasteiger partial charge >= 0.3 is 6.09 Å². The van der Waals surface area contributed by atoms with E-state index in [1.807, 2.05) is 0 Å². The number of halogens is 1. The summed E-state index contributed by atoms with van der Waals surface area (Å²) in [5.41, 5.74) is 0. The highest BCUT2D eigenvalue weighted by atomic mass is 35.5. The van der Waals surface area contributed by atoms with Gasteiger partial charge in [0.1, 0.15) is 0 Å². The van der Waals surface area contributed by atoms with E-state index < -0.39 is 6.09 Å². The first-order chi connectivity index (χ1) is 10.2. The summed E-state index contributed by atoms with van der Waals surface area (Å²) in [6.45, 7) is 2.70. The summed E-state index contributed by atoms with van der Waals surface area (Å²) in [5.74, 6) is 0. The molecule has 4 heteroatoms. The molecule has 0 unspecified atom stereocenters. The highest BCUT2D eigenvalue weighted by Gasteiger charge is 2.06. The minimum Gasteiger partial charge on any atom is -0.464 e. The second kappa shape index (κ2) is 15.9. The Morgan fingerprint density at radius 3 is 1.43 bits per heavy atom. The maximum atomic E-state index is 10.5. The van der Waals surface area contributed by atoms with Crippen molar-refractivity contribution in [2.45, 2.75) is 96.8 Å². The average Bonchev–Trinajstić information content (AvgIpc) is 2.47. The van der Waals surface area contributed by atoms with Gasteiger partial charge in [-0.25, -0.2) is 9.21 Å². The summed E-state index contributed by atoms with van der Waals surface area (Å²) in [5, 5.41) is 8.58. The van der Waals surface area contributed by atoms with E-state index in [0.717, 1.165) is 17.3 Å². The third kappa shape index (κ3) is 15.8. The van der Waals surface area contributed by atoms with Crippen LogP contribution in [0.5, 0.6) is 0 Å². The smallest absolute Gasteiger partial charge is 0.422 e. The fraction of sp³-hybridized carbons (Fsp3) is 0.941. The average molecular weight is 320 g/mol. The summed E-state index contributed by atoms with van der Waals surface area (Å²) in [4.78, 5) is 10.5. The van der Waals surface area contributed by atoms with Crippen LogP contribution in [0, 0.1) is 0 Å². The molecule has 0 aromatic heterocycles. The molecule has 0 aliphatic heterocycles. The number of amides is 1. The molecule has 0 saturated carbocycles. The largest absolute Gasteiger partial charge is 0.464 e. The SMILES string of the molecule is CCCCCCCCCCCCCCCCN(Cl)C(=O)O. The van der Waals surface area contributed by atoms with Crippen LogP contribution in [0.15, 0.2) is 0 Å². The summed E-state index contributed by atoms with van der Waals surface area (Å²) < 4.78 is 0.848. The Bertz CT molecular complexity index is 237. The minimum atomic E-state index is -1.05. The Hall–Kier alpha value is -0.440. The Morgan fingerprint density at radius 2 is 1.10 bits per heavy atom. The number of carbonyl (C=O) groups is 1. The third-order valence-corrected chi connectivity index (χ3v) is 4.23. The van der Waals surface area contributed by atoms with Gasteiger partial charge in [-0.3, -0.25) is 0 Å². The van der Waals surface area contributed by atoms with Gasteiger partial charge in [0.25, 0.3) is 0 Å². The van der Waals surface area contributed by atoms with Gasteiger partial charge in [0.2, 0.25) is 0 Å². The van der Waals surface area contributed by atoms with E-state index >= 15 is 0 Å². The van der Waals surface area contributed by atoms with E-state index in [9.17, 15) is 4.79 Å². The topological polar surface area (TPSA) is 40.5 Å². The first-order valence-electron chi connectivity index (χ1n) is 8.84. The number of hydrogen-bond acceptors (Lipinski definition) is 1. The fourth-order valence-corrected chi connectivity index (χ4v) is 2.66. The predicted molar refractivity (Wildman–Crippen MR) is 90.9 cm³/mol. The molecule has 0 aliphatic rings. The molecule has 0 aliphatic carbocycles. The zero-order chi connectivity index (χ0) is 15.8. The molecule has 0 saturated heterocycles. The normalized spacial score (nSPS) is 10.8. The number of nitrogens with zero attached hydrogens (tertiary/aromatic N) is 1. The summed E-state index contributed by atoms with van der Waals surface area (Å²) in [6.07, 6.45) is 17.2. The summed E-state index contributed by atoms with van der Waals surface area (Å²) in [6, 6.07) is 0.